The van der Waals surface area contributed by atoms with Gasteiger partial charge in [-0.25, -0.2) is 0 Å². The molecular formula is C20H32N4O. The first kappa shape index (κ1) is 18.2. The summed E-state index contributed by atoms with van der Waals surface area (Å²) in [5, 5.41) is 3.56. The van der Waals surface area contributed by atoms with Crippen LogP contribution >= 0.6 is 0 Å². The van der Waals surface area contributed by atoms with Crippen molar-refractivity contribution in [2.45, 2.75) is 38.6 Å². The Balaban J connectivity index is 1.71. The molecule has 2 saturated heterocycles. The lowest BCUT2D eigenvalue weighted by molar-refractivity contribution is -0.00687. The van der Waals surface area contributed by atoms with Crippen LogP contribution in [0.15, 0.2) is 35.3 Å². The van der Waals surface area contributed by atoms with Crippen LogP contribution in [0.3, 0.4) is 0 Å². The third kappa shape index (κ3) is 5.19. The van der Waals surface area contributed by atoms with Gasteiger partial charge in [-0.15, -0.1) is 0 Å². The molecule has 0 spiro atoms. The zero-order chi connectivity index (χ0) is 17.5. The van der Waals surface area contributed by atoms with Crippen molar-refractivity contribution in [2.24, 2.45) is 4.99 Å². The molecule has 0 unspecified atom stereocenters. The summed E-state index contributed by atoms with van der Waals surface area (Å²) in [4.78, 5) is 9.94. The van der Waals surface area contributed by atoms with Crippen molar-refractivity contribution in [3.8, 4) is 0 Å². The molecule has 2 aliphatic heterocycles. The predicted octanol–water partition coefficient (Wildman–Crippen LogP) is 3.05. The van der Waals surface area contributed by atoms with Gasteiger partial charge < -0.3 is 15.0 Å². The lowest BCUT2D eigenvalue weighted by Gasteiger charge is -2.40. The quantitative estimate of drug-likeness (QED) is 0.673. The van der Waals surface area contributed by atoms with Crippen molar-refractivity contribution < 1.29 is 4.74 Å². The van der Waals surface area contributed by atoms with E-state index in [2.05, 4.69) is 53.2 Å². The fraction of sp³-hybridized carbons (Fsp3) is 0.650. The normalized spacial score (nSPS) is 20.6. The van der Waals surface area contributed by atoms with Gasteiger partial charge in [0, 0.05) is 37.4 Å². The lowest BCUT2D eigenvalue weighted by atomic mass is 10.0. The summed E-state index contributed by atoms with van der Waals surface area (Å²) in [5.41, 5.74) is 1.15. The molecule has 0 atom stereocenters. The van der Waals surface area contributed by atoms with Crippen LogP contribution in [-0.2, 0) is 4.74 Å². The third-order valence-corrected chi connectivity index (χ3v) is 5.17. The van der Waals surface area contributed by atoms with Gasteiger partial charge in [0.2, 0.25) is 0 Å². The molecule has 1 aromatic rings. The van der Waals surface area contributed by atoms with Gasteiger partial charge >= 0.3 is 0 Å². The minimum atomic E-state index is 0.0448. The number of nitrogens with one attached hydrogen (secondary N) is 1. The summed E-state index contributed by atoms with van der Waals surface area (Å²) in [5.74, 6) is 1.02. The van der Waals surface area contributed by atoms with Crippen LogP contribution in [0.2, 0.25) is 0 Å². The van der Waals surface area contributed by atoms with E-state index in [1.165, 1.54) is 19.3 Å². The highest BCUT2D eigenvalue weighted by molar-refractivity contribution is 5.93. The first-order valence-electron chi connectivity index (χ1n) is 9.59. The molecule has 138 valence electrons. The maximum atomic E-state index is 5.50. The Hall–Kier alpha value is -1.59. The second-order valence-corrected chi connectivity index (χ2v) is 7.59. The number of para-hydroxylation sites is 1. The minimum Gasteiger partial charge on any atom is -0.379 e. The zero-order valence-electron chi connectivity index (χ0n) is 15.7. The molecule has 25 heavy (non-hydrogen) atoms. The van der Waals surface area contributed by atoms with Crippen LogP contribution < -0.4 is 5.32 Å². The molecule has 2 aliphatic rings. The smallest absolute Gasteiger partial charge is 0.198 e. The van der Waals surface area contributed by atoms with Gasteiger partial charge in [0.1, 0.15) is 0 Å². The summed E-state index contributed by atoms with van der Waals surface area (Å²) in [7, 11) is 0. The van der Waals surface area contributed by atoms with Crippen LogP contribution in [0.5, 0.6) is 0 Å². The number of nitrogens with zero attached hydrogens (tertiary/aromatic N) is 3. The maximum Gasteiger partial charge on any atom is 0.198 e. The fourth-order valence-electron chi connectivity index (χ4n) is 3.51. The average molecular weight is 345 g/mol. The van der Waals surface area contributed by atoms with Gasteiger partial charge in [0.25, 0.3) is 0 Å². The monoisotopic (exact) mass is 344 g/mol. The fourth-order valence-corrected chi connectivity index (χ4v) is 3.51. The van der Waals surface area contributed by atoms with E-state index in [-0.39, 0.29) is 5.54 Å². The molecule has 0 aromatic heterocycles. The molecule has 2 fully saturated rings. The van der Waals surface area contributed by atoms with E-state index >= 15 is 0 Å². The summed E-state index contributed by atoms with van der Waals surface area (Å²) in [6, 6.07) is 10.4. The molecule has 0 saturated carbocycles. The lowest BCUT2D eigenvalue weighted by Crippen LogP contribution is -2.52. The Morgan fingerprint density at radius 1 is 1.04 bits per heavy atom. The zero-order valence-corrected chi connectivity index (χ0v) is 15.7. The van der Waals surface area contributed by atoms with Crippen molar-refractivity contribution in [3.63, 3.8) is 0 Å². The molecule has 0 bridgehead atoms. The largest absolute Gasteiger partial charge is 0.379 e. The molecule has 2 heterocycles. The molecule has 0 amide bonds. The summed E-state index contributed by atoms with van der Waals surface area (Å²) >= 11 is 0. The molecule has 1 N–H and O–H groups in total. The van der Waals surface area contributed by atoms with Crippen LogP contribution in [0.1, 0.15) is 33.1 Å². The number of piperidine rings is 1. The van der Waals surface area contributed by atoms with Crippen molar-refractivity contribution in [1.29, 1.82) is 0 Å². The number of rotatable bonds is 4. The Morgan fingerprint density at radius 3 is 2.40 bits per heavy atom. The number of guanidine groups is 1. The van der Waals surface area contributed by atoms with E-state index in [0.29, 0.717) is 0 Å². The number of likely N-dealkylation sites (tertiary alicyclic amines) is 1. The van der Waals surface area contributed by atoms with Crippen LogP contribution in [0.25, 0.3) is 0 Å². The third-order valence-electron chi connectivity index (χ3n) is 5.17. The molecule has 5 nitrogen and oxygen atoms in total. The van der Waals surface area contributed by atoms with Crippen molar-refractivity contribution in [2.75, 3.05) is 51.3 Å². The Labute approximate surface area is 152 Å². The number of morpholine rings is 1. The molecule has 3 rings (SSSR count). The highest BCUT2D eigenvalue weighted by Gasteiger charge is 2.28. The second kappa shape index (κ2) is 8.68. The topological polar surface area (TPSA) is 40.1 Å². The summed E-state index contributed by atoms with van der Waals surface area (Å²) in [6.45, 7) is 11.2. The van der Waals surface area contributed by atoms with Crippen LogP contribution in [-0.4, -0.2) is 67.2 Å². The Bertz CT molecular complexity index is 546. The van der Waals surface area contributed by atoms with E-state index in [9.17, 15) is 0 Å². The first-order chi connectivity index (χ1) is 12.1. The van der Waals surface area contributed by atoms with Crippen molar-refractivity contribution >= 4 is 11.6 Å². The number of hydrogen-bond donors (Lipinski definition) is 1. The number of hydrogen-bond acceptors (Lipinski definition) is 3. The van der Waals surface area contributed by atoms with E-state index < -0.39 is 0 Å². The highest BCUT2D eigenvalue weighted by atomic mass is 16.5. The Kier molecular flexibility index (Phi) is 6.32. The number of aliphatic imine (C=N–C) groups is 1. The number of benzene rings is 1. The van der Waals surface area contributed by atoms with Gasteiger partial charge in [-0.05, 0) is 45.2 Å². The van der Waals surface area contributed by atoms with Gasteiger partial charge in [-0.1, -0.05) is 18.2 Å². The van der Waals surface area contributed by atoms with E-state index in [1.807, 2.05) is 6.07 Å². The number of anilines is 1. The molecular weight excluding hydrogens is 312 g/mol. The Morgan fingerprint density at radius 2 is 1.72 bits per heavy atom. The number of ether oxygens (including phenoxy) is 1. The maximum absolute atomic E-state index is 5.50. The first-order valence-corrected chi connectivity index (χ1v) is 9.59. The molecule has 5 heteroatoms. The van der Waals surface area contributed by atoms with E-state index in [1.54, 1.807) is 0 Å². The summed E-state index contributed by atoms with van der Waals surface area (Å²) in [6.07, 6.45) is 3.83. The highest BCUT2D eigenvalue weighted by Crippen LogP contribution is 2.18. The molecule has 0 radical (unpaired) electrons. The average Bonchev–Trinajstić information content (AvgIpc) is 2.67. The van der Waals surface area contributed by atoms with E-state index in [4.69, 9.17) is 9.73 Å². The minimum absolute atomic E-state index is 0.0448. The molecule has 0 aliphatic carbocycles. The summed E-state index contributed by atoms with van der Waals surface area (Å²) < 4.78 is 5.50. The van der Waals surface area contributed by atoms with E-state index in [0.717, 1.165) is 57.6 Å². The predicted molar refractivity (Wildman–Crippen MR) is 104 cm³/mol. The van der Waals surface area contributed by atoms with Crippen molar-refractivity contribution in [1.82, 2.24) is 9.80 Å². The van der Waals surface area contributed by atoms with Gasteiger partial charge in [0.05, 0.1) is 19.8 Å². The van der Waals surface area contributed by atoms with Gasteiger partial charge in [-0.3, -0.25) is 9.89 Å². The van der Waals surface area contributed by atoms with Crippen LogP contribution in [0, 0.1) is 0 Å². The standard InChI is InChI=1S/C20H32N4O/c1-20(2,24-13-15-25-16-14-24)17-21-19(23-11-7-4-8-12-23)22-18-9-5-3-6-10-18/h3,5-6,9-10H,4,7-8,11-17H2,1-2H3,(H,21,22). The van der Waals surface area contributed by atoms with Gasteiger partial charge in [0.15, 0.2) is 5.96 Å². The van der Waals surface area contributed by atoms with Gasteiger partial charge in [-0.2, -0.15) is 0 Å². The van der Waals surface area contributed by atoms with Crippen LogP contribution in [0.4, 0.5) is 5.69 Å². The second-order valence-electron chi connectivity index (χ2n) is 7.59. The molecule has 1 aromatic carbocycles. The SMILES string of the molecule is CC(C)(CN=C(Nc1ccccc1)N1CCCCC1)N1CCOCC1. The van der Waals surface area contributed by atoms with Crippen molar-refractivity contribution in [3.05, 3.63) is 30.3 Å².